The van der Waals surface area contributed by atoms with Crippen LogP contribution < -0.4 is 0 Å². The van der Waals surface area contributed by atoms with Crippen molar-refractivity contribution >= 4 is 25.7 Å². The molecule has 0 saturated carbocycles. The van der Waals surface area contributed by atoms with Crippen LogP contribution in [-0.2, 0) is 4.43 Å². The molecule has 14 heavy (non-hydrogen) atoms. The minimum atomic E-state index is -1.64. The topological polar surface area (TPSA) is 21.6 Å². The summed E-state index contributed by atoms with van der Waals surface area (Å²) in [6, 6.07) is 0. The highest BCUT2D eigenvalue weighted by atomic mass is 32.1. The second kappa shape index (κ2) is 5.17. The van der Waals surface area contributed by atoms with E-state index in [1.807, 2.05) is 6.92 Å². The molecule has 2 nitrogen and oxygen atoms in total. The van der Waals surface area contributed by atoms with Gasteiger partial charge >= 0.3 is 0 Å². The van der Waals surface area contributed by atoms with Crippen molar-refractivity contribution in [3.63, 3.8) is 0 Å². The highest BCUT2D eigenvalue weighted by molar-refractivity contribution is 7.78. The highest BCUT2D eigenvalue weighted by Gasteiger charge is 2.38. The number of nitrogens with zero attached hydrogens (tertiary/aromatic N) is 1. The average molecular weight is 231 g/mol. The van der Waals surface area contributed by atoms with Gasteiger partial charge < -0.3 is 4.43 Å². The van der Waals surface area contributed by atoms with Gasteiger partial charge in [0, 0.05) is 0 Å². The van der Waals surface area contributed by atoms with E-state index in [4.69, 9.17) is 4.43 Å². The first kappa shape index (κ1) is 14.0. The number of rotatable bonds is 4. The molecule has 0 aliphatic rings. The van der Waals surface area contributed by atoms with Crippen LogP contribution in [0.1, 0.15) is 27.7 Å². The Bertz CT molecular complexity index is 229. The van der Waals surface area contributed by atoms with E-state index in [0.29, 0.717) is 6.54 Å². The van der Waals surface area contributed by atoms with E-state index in [1.165, 1.54) is 0 Å². The summed E-state index contributed by atoms with van der Waals surface area (Å²) in [7, 11) is -1.64. The number of thiocarbonyl (C=S) groups is 1. The SMILES string of the molecule is CC(CN=C=S)O[Si](C)(C)C(C)(C)C. The molecule has 0 amide bonds. The van der Waals surface area contributed by atoms with Gasteiger partial charge in [0.1, 0.15) is 0 Å². The molecular weight excluding hydrogens is 210 g/mol. The number of hydrogen-bond donors (Lipinski definition) is 0. The molecule has 0 radical (unpaired) electrons. The molecule has 1 atom stereocenters. The first-order valence-corrected chi connectivity index (χ1v) is 8.24. The second-order valence-electron chi connectivity index (χ2n) is 5.12. The molecule has 0 rings (SSSR count). The van der Waals surface area contributed by atoms with Gasteiger partial charge in [-0.05, 0) is 37.3 Å². The monoisotopic (exact) mass is 231 g/mol. The van der Waals surface area contributed by atoms with Gasteiger partial charge in [-0.15, -0.1) is 0 Å². The number of hydrogen-bond acceptors (Lipinski definition) is 3. The van der Waals surface area contributed by atoms with Crippen molar-refractivity contribution in [2.24, 2.45) is 4.99 Å². The summed E-state index contributed by atoms with van der Waals surface area (Å²) in [6.45, 7) is 13.8. The second-order valence-corrected chi connectivity index (χ2v) is 10.1. The highest BCUT2D eigenvalue weighted by Crippen LogP contribution is 2.37. The van der Waals surface area contributed by atoms with Crippen LogP contribution in [0.2, 0.25) is 18.1 Å². The lowest BCUT2D eigenvalue weighted by molar-refractivity contribution is 0.207. The first-order valence-electron chi connectivity index (χ1n) is 4.92. The van der Waals surface area contributed by atoms with Crippen molar-refractivity contribution in [3.8, 4) is 0 Å². The maximum atomic E-state index is 6.06. The van der Waals surface area contributed by atoms with Crippen LogP contribution in [0.15, 0.2) is 4.99 Å². The molecule has 0 aliphatic heterocycles. The Hall–Kier alpha value is -0.0231. The van der Waals surface area contributed by atoms with E-state index in [0.717, 1.165) is 0 Å². The molecule has 82 valence electrons. The Labute approximate surface area is 93.9 Å². The van der Waals surface area contributed by atoms with Gasteiger partial charge in [0.05, 0.1) is 17.8 Å². The van der Waals surface area contributed by atoms with E-state index in [-0.39, 0.29) is 11.1 Å². The molecule has 0 saturated heterocycles. The zero-order valence-electron chi connectivity index (χ0n) is 10.0. The number of isothiocyanates is 1. The maximum absolute atomic E-state index is 6.06. The summed E-state index contributed by atoms with van der Waals surface area (Å²) in [5, 5.41) is 2.62. The van der Waals surface area contributed by atoms with E-state index in [9.17, 15) is 0 Å². The minimum absolute atomic E-state index is 0.145. The largest absolute Gasteiger partial charge is 0.412 e. The van der Waals surface area contributed by atoms with Crippen molar-refractivity contribution in [3.05, 3.63) is 0 Å². The molecule has 0 aliphatic carbocycles. The zero-order valence-corrected chi connectivity index (χ0v) is 11.9. The molecule has 0 bridgehead atoms. The third-order valence-corrected chi connectivity index (χ3v) is 7.45. The Balaban J connectivity index is 4.28. The van der Waals surface area contributed by atoms with E-state index in [1.54, 1.807) is 0 Å². The molecule has 0 aromatic heterocycles. The standard InChI is InChI=1S/C10H21NOSSi/c1-9(7-11-8-13)12-14(5,6)10(2,3)4/h9H,7H2,1-6H3. The Morgan fingerprint density at radius 3 is 2.29 bits per heavy atom. The Morgan fingerprint density at radius 2 is 1.93 bits per heavy atom. The molecule has 1 unspecified atom stereocenters. The van der Waals surface area contributed by atoms with E-state index in [2.05, 4.69) is 56.2 Å². The van der Waals surface area contributed by atoms with Gasteiger partial charge in [-0.2, -0.15) is 0 Å². The molecule has 0 fully saturated rings. The van der Waals surface area contributed by atoms with Crippen molar-refractivity contribution in [2.75, 3.05) is 6.54 Å². The molecule has 0 heterocycles. The van der Waals surface area contributed by atoms with E-state index < -0.39 is 8.32 Å². The van der Waals surface area contributed by atoms with Crippen molar-refractivity contribution in [2.45, 2.75) is 51.9 Å². The third-order valence-electron chi connectivity index (χ3n) is 2.71. The molecular formula is C10H21NOSSi. The molecule has 0 spiro atoms. The third kappa shape index (κ3) is 4.47. The van der Waals surface area contributed by atoms with Gasteiger partial charge in [-0.1, -0.05) is 20.8 Å². The van der Waals surface area contributed by atoms with Gasteiger partial charge in [0.15, 0.2) is 8.32 Å². The van der Waals surface area contributed by atoms with Crippen LogP contribution in [0.5, 0.6) is 0 Å². The maximum Gasteiger partial charge on any atom is 0.192 e. The first-order chi connectivity index (χ1) is 6.20. The van der Waals surface area contributed by atoms with Crippen LogP contribution in [-0.4, -0.2) is 26.1 Å². The smallest absolute Gasteiger partial charge is 0.192 e. The number of aliphatic imine (C=N–C) groups is 1. The molecule has 0 aromatic carbocycles. The van der Waals surface area contributed by atoms with Crippen LogP contribution in [0.25, 0.3) is 0 Å². The van der Waals surface area contributed by atoms with Gasteiger partial charge in [-0.25, -0.2) is 4.99 Å². The normalized spacial score (nSPS) is 14.7. The summed E-state index contributed by atoms with van der Waals surface area (Å²) in [6.07, 6.45) is 0.145. The van der Waals surface area contributed by atoms with Gasteiger partial charge in [-0.3, -0.25) is 0 Å². The minimum Gasteiger partial charge on any atom is -0.412 e. The van der Waals surface area contributed by atoms with Crippen molar-refractivity contribution < 1.29 is 4.43 Å². The summed E-state index contributed by atoms with van der Waals surface area (Å²) in [5.41, 5.74) is 0. The van der Waals surface area contributed by atoms with Gasteiger partial charge in [0.25, 0.3) is 0 Å². The van der Waals surface area contributed by atoms with Crippen LogP contribution >= 0.6 is 12.2 Å². The van der Waals surface area contributed by atoms with Crippen LogP contribution in [0, 0.1) is 0 Å². The van der Waals surface area contributed by atoms with E-state index >= 15 is 0 Å². The van der Waals surface area contributed by atoms with Crippen LogP contribution in [0.4, 0.5) is 0 Å². The summed E-state index contributed by atoms with van der Waals surface area (Å²) >= 11 is 4.52. The molecule has 4 heteroatoms. The van der Waals surface area contributed by atoms with Crippen LogP contribution in [0.3, 0.4) is 0 Å². The predicted octanol–water partition coefficient (Wildman–Crippen LogP) is 3.50. The zero-order chi connectivity index (χ0) is 11.4. The predicted molar refractivity (Wildman–Crippen MR) is 67.6 cm³/mol. The lowest BCUT2D eigenvalue weighted by Crippen LogP contribution is -2.43. The molecule has 0 aromatic rings. The summed E-state index contributed by atoms with van der Waals surface area (Å²) < 4.78 is 6.06. The quantitative estimate of drug-likeness (QED) is 0.419. The fourth-order valence-corrected chi connectivity index (χ4v) is 2.39. The summed E-state index contributed by atoms with van der Waals surface area (Å²) in [5.74, 6) is 0. The summed E-state index contributed by atoms with van der Waals surface area (Å²) in [4.78, 5) is 3.90. The van der Waals surface area contributed by atoms with Gasteiger partial charge in [0.2, 0.25) is 0 Å². The fraction of sp³-hybridized carbons (Fsp3) is 0.900. The lowest BCUT2D eigenvalue weighted by Gasteiger charge is -2.38. The van der Waals surface area contributed by atoms with Crippen molar-refractivity contribution in [1.82, 2.24) is 0 Å². The molecule has 0 N–H and O–H groups in total. The van der Waals surface area contributed by atoms with Crippen molar-refractivity contribution in [1.29, 1.82) is 0 Å². The average Bonchev–Trinajstić information content (AvgIpc) is 1.97. The Morgan fingerprint density at radius 1 is 1.43 bits per heavy atom. The Kier molecular flexibility index (Phi) is 5.16. The lowest BCUT2D eigenvalue weighted by atomic mass is 10.2. The fourth-order valence-electron chi connectivity index (χ4n) is 0.883.